The lowest BCUT2D eigenvalue weighted by atomic mass is 10.2. The third kappa shape index (κ3) is 9.88. The molecule has 164 valence electrons. The first kappa shape index (κ1) is 24.9. The topological polar surface area (TPSA) is 97.4 Å². The van der Waals surface area contributed by atoms with E-state index in [9.17, 15) is 14.4 Å². The molecule has 8 nitrogen and oxygen atoms in total. The van der Waals surface area contributed by atoms with E-state index in [1.165, 1.54) is 0 Å². The van der Waals surface area contributed by atoms with Crippen LogP contribution in [-0.2, 0) is 28.5 Å². The molecule has 0 saturated heterocycles. The molecule has 0 aliphatic rings. The number of hydrogen-bond donors (Lipinski definition) is 0. The van der Waals surface area contributed by atoms with Crippen LogP contribution in [0.1, 0.15) is 30.6 Å². The minimum Gasteiger partial charge on any atom is -0.493 e. The Balaban J connectivity index is 2.29. The van der Waals surface area contributed by atoms with Gasteiger partial charge in [-0.05, 0) is 26.0 Å². The van der Waals surface area contributed by atoms with Gasteiger partial charge in [-0.15, -0.1) is 0 Å². The van der Waals surface area contributed by atoms with Crippen molar-refractivity contribution in [3.05, 3.63) is 54.1 Å². The minimum absolute atomic E-state index is 0.0401. The fraction of sp³-hybridized carbons (Fsp3) is 0.409. The Kier molecular flexibility index (Phi) is 11.6. The fourth-order valence-electron chi connectivity index (χ4n) is 1.98. The fourth-order valence-corrected chi connectivity index (χ4v) is 1.98. The zero-order chi connectivity index (χ0) is 22.4. The van der Waals surface area contributed by atoms with Crippen LogP contribution in [0.4, 0.5) is 0 Å². The molecule has 0 unspecified atom stereocenters. The highest BCUT2D eigenvalue weighted by Crippen LogP contribution is 2.19. The summed E-state index contributed by atoms with van der Waals surface area (Å²) in [4.78, 5) is 34.8. The number of benzene rings is 1. The molecule has 30 heavy (non-hydrogen) atoms. The van der Waals surface area contributed by atoms with E-state index in [0.29, 0.717) is 23.3 Å². The molecule has 1 aromatic rings. The van der Waals surface area contributed by atoms with Crippen LogP contribution in [0.15, 0.2) is 48.6 Å². The van der Waals surface area contributed by atoms with Crippen LogP contribution < -0.4 is 4.74 Å². The largest absolute Gasteiger partial charge is 0.493 e. The van der Waals surface area contributed by atoms with Crippen molar-refractivity contribution in [2.45, 2.75) is 20.3 Å². The maximum absolute atomic E-state index is 12.3. The summed E-state index contributed by atoms with van der Waals surface area (Å²) in [6.07, 6.45) is 0.464. The molecule has 0 spiro atoms. The summed E-state index contributed by atoms with van der Waals surface area (Å²) in [5.41, 5.74) is 0.936. The van der Waals surface area contributed by atoms with E-state index in [0.717, 1.165) is 0 Å². The van der Waals surface area contributed by atoms with Crippen molar-refractivity contribution in [2.24, 2.45) is 0 Å². The van der Waals surface area contributed by atoms with E-state index >= 15 is 0 Å². The molecule has 0 fully saturated rings. The molecular formula is C22H28O8. The van der Waals surface area contributed by atoms with E-state index in [2.05, 4.69) is 13.2 Å². The van der Waals surface area contributed by atoms with Crippen LogP contribution in [0.2, 0.25) is 0 Å². The quantitative estimate of drug-likeness (QED) is 0.196. The Morgan fingerprint density at radius 3 is 1.97 bits per heavy atom. The second-order valence-corrected chi connectivity index (χ2v) is 6.28. The second kappa shape index (κ2) is 13.9. The predicted molar refractivity (Wildman–Crippen MR) is 109 cm³/mol. The van der Waals surface area contributed by atoms with Gasteiger partial charge in [-0.25, -0.2) is 14.4 Å². The van der Waals surface area contributed by atoms with Crippen molar-refractivity contribution < 1.29 is 38.1 Å². The molecule has 0 aliphatic heterocycles. The van der Waals surface area contributed by atoms with Gasteiger partial charge in [-0.1, -0.05) is 25.3 Å². The molecule has 0 radical (unpaired) electrons. The number of para-hydroxylation sites is 1. The van der Waals surface area contributed by atoms with Crippen molar-refractivity contribution in [1.82, 2.24) is 0 Å². The van der Waals surface area contributed by atoms with E-state index in [1.54, 1.807) is 38.1 Å². The molecule has 0 aromatic heterocycles. The smallest absolute Gasteiger partial charge is 0.342 e. The minimum atomic E-state index is -0.545. The van der Waals surface area contributed by atoms with Gasteiger partial charge in [0.05, 0.1) is 26.4 Å². The lowest BCUT2D eigenvalue weighted by Crippen LogP contribution is -2.15. The zero-order valence-corrected chi connectivity index (χ0v) is 17.4. The van der Waals surface area contributed by atoms with Crippen molar-refractivity contribution in [3.8, 4) is 5.75 Å². The highest BCUT2D eigenvalue weighted by atomic mass is 16.6. The number of hydrogen-bond acceptors (Lipinski definition) is 8. The number of carbonyl (C=O) groups excluding carboxylic acids is 3. The van der Waals surface area contributed by atoms with E-state index in [4.69, 9.17) is 23.7 Å². The summed E-state index contributed by atoms with van der Waals surface area (Å²) >= 11 is 0. The highest BCUT2D eigenvalue weighted by Gasteiger charge is 2.13. The highest BCUT2D eigenvalue weighted by molar-refractivity contribution is 5.92. The van der Waals surface area contributed by atoms with Gasteiger partial charge < -0.3 is 23.7 Å². The summed E-state index contributed by atoms with van der Waals surface area (Å²) in [5, 5.41) is 0. The summed E-state index contributed by atoms with van der Waals surface area (Å²) in [6.45, 7) is 11.0. The maximum atomic E-state index is 12.3. The Morgan fingerprint density at radius 2 is 1.33 bits per heavy atom. The number of carbonyl (C=O) groups is 3. The van der Waals surface area contributed by atoms with Crippen molar-refractivity contribution in [3.63, 3.8) is 0 Å². The summed E-state index contributed by atoms with van der Waals surface area (Å²) < 4.78 is 25.9. The lowest BCUT2D eigenvalue weighted by molar-refractivity contribution is -0.140. The molecule has 0 atom stereocenters. The first-order valence-corrected chi connectivity index (χ1v) is 9.45. The van der Waals surface area contributed by atoms with Gasteiger partial charge >= 0.3 is 17.9 Å². The Morgan fingerprint density at radius 1 is 0.767 bits per heavy atom. The third-order valence-electron chi connectivity index (χ3n) is 3.50. The standard InChI is InChI=1S/C22H28O8/c1-16(2)20(23)28-11-7-10-27-19-9-6-5-8-18(19)22(25)30-15-13-26-12-14-29-21(24)17(3)4/h5-6,8-9H,1,3,7,10-15H2,2,4H3. The summed E-state index contributed by atoms with van der Waals surface area (Å²) in [6, 6.07) is 6.69. The van der Waals surface area contributed by atoms with Crippen molar-refractivity contribution in [1.29, 1.82) is 0 Å². The van der Waals surface area contributed by atoms with Gasteiger partial charge in [-0.2, -0.15) is 0 Å². The van der Waals surface area contributed by atoms with Gasteiger partial charge in [0.25, 0.3) is 0 Å². The van der Waals surface area contributed by atoms with Gasteiger partial charge in [0.1, 0.15) is 24.5 Å². The van der Waals surface area contributed by atoms with Crippen LogP contribution in [0.5, 0.6) is 5.75 Å². The first-order chi connectivity index (χ1) is 14.3. The number of rotatable bonds is 14. The lowest BCUT2D eigenvalue weighted by Gasteiger charge is -2.11. The monoisotopic (exact) mass is 420 g/mol. The van der Waals surface area contributed by atoms with Crippen LogP contribution in [-0.4, -0.2) is 57.5 Å². The second-order valence-electron chi connectivity index (χ2n) is 6.28. The zero-order valence-electron chi connectivity index (χ0n) is 17.4. The SMILES string of the molecule is C=C(C)C(=O)OCCCOc1ccccc1C(=O)OCCOCCOC(=O)C(=C)C. The average Bonchev–Trinajstić information content (AvgIpc) is 2.72. The molecule has 0 N–H and O–H groups in total. The normalized spacial score (nSPS) is 10.1. The van der Waals surface area contributed by atoms with E-state index < -0.39 is 17.9 Å². The Hall–Kier alpha value is -3.13. The average molecular weight is 420 g/mol. The molecule has 1 aromatic carbocycles. The third-order valence-corrected chi connectivity index (χ3v) is 3.50. The van der Waals surface area contributed by atoms with Gasteiger partial charge in [0.15, 0.2) is 0 Å². The van der Waals surface area contributed by atoms with Crippen LogP contribution in [0.25, 0.3) is 0 Å². The van der Waals surface area contributed by atoms with Gasteiger partial charge in [-0.3, -0.25) is 0 Å². The van der Waals surface area contributed by atoms with Gasteiger partial charge in [0, 0.05) is 17.6 Å². The van der Waals surface area contributed by atoms with Crippen LogP contribution >= 0.6 is 0 Å². The molecular weight excluding hydrogens is 392 g/mol. The molecule has 0 saturated carbocycles. The summed E-state index contributed by atoms with van der Waals surface area (Å²) in [5.74, 6) is -1.09. The molecule has 1 rings (SSSR count). The molecule has 0 amide bonds. The first-order valence-electron chi connectivity index (χ1n) is 9.45. The number of esters is 3. The number of ether oxygens (including phenoxy) is 5. The van der Waals surface area contributed by atoms with E-state index in [-0.39, 0.29) is 45.2 Å². The predicted octanol–water partition coefficient (Wildman–Crippen LogP) is 2.87. The van der Waals surface area contributed by atoms with Crippen LogP contribution in [0, 0.1) is 0 Å². The Labute approximate surface area is 176 Å². The molecule has 0 aliphatic carbocycles. The summed E-state index contributed by atoms with van der Waals surface area (Å²) in [7, 11) is 0. The van der Waals surface area contributed by atoms with Gasteiger partial charge in [0.2, 0.25) is 0 Å². The van der Waals surface area contributed by atoms with Crippen molar-refractivity contribution in [2.75, 3.05) is 39.6 Å². The maximum Gasteiger partial charge on any atom is 0.342 e. The van der Waals surface area contributed by atoms with E-state index in [1.807, 2.05) is 0 Å². The molecule has 0 heterocycles. The Bertz CT molecular complexity index is 753. The molecule has 0 bridgehead atoms. The molecule has 8 heteroatoms. The van der Waals surface area contributed by atoms with Crippen molar-refractivity contribution >= 4 is 17.9 Å². The van der Waals surface area contributed by atoms with Crippen LogP contribution in [0.3, 0.4) is 0 Å².